The Kier molecular flexibility index (Phi) is 5.58. The summed E-state index contributed by atoms with van der Waals surface area (Å²) in [5, 5.41) is 3.17. The number of nitrogens with one attached hydrogen (secondary N) is 1. The van der Waals surface area contributed by atoms with Crippen LogP contribution in [-0.2, 0) is 9.59 Å². The fourth-order valence-electron chi connectivity index (χ4n) is 6.97. The molecule has 0 spiro atoms. The third-order valence-corrected chi connectivity index (χ3v) is 8.46. The summed E-state index contributed by atoms with van der Waals surface area (Å²) in [6.07, 6.45) is 11.3. The molecular formula is C21H34BrN3O2. The van der Waals surface area contributed by atoms with Crippen LogP contribution in [0.1, 0.15) is 64.2 Å². The molecule has 1 saturated heterocycles. The first-order valence-electron chi connectivity index (χ1n) is 10.8. The number of nitrogens with zero attached hydrogens (tertiary/aromatic N) is 1. The van der Waals surface area contributed by atoms with Crippen LogP contribution in [0.2, 0.25) is 0 Å². The monoisotopic (exact) mass is 439 g/mol. The average Bonchev–Trinajstić information content (AvgIpc) is 2.56. The lowest BCUT2D eigenvalue weighted by Crippen LogP contribution is -2.54. The number of carbonyl (C=O) groups is 2. The van der Waals surface area contributed by atoms with Crippen molar-refractivity contribution in [2.75, 3.05) is 26.2 Å². The molecule has 5 aliphatic rings. The highest BCUT2D eigenvalue weighted by Crippen LogP contribution is 2.65. The standard InChI is InChI=1S/C21H34BrN3O2/c22-21-10-15-7-16(11-21)9-20(8-15,14-21)12-18(26)24-4-2-6-25-5-1-3-17(13-25)19(23)27/h15-17H,1-14H2,(H2,23,27)(H,24,26). The first-order chi connectivity index (χ1) is 12.8. The van der Waals surface area contributed by atoms with Gasteiger partial charge in [-0.1, -0.05) is 15.9 Å². The Morgan fingerprint density at radius 1 is 1.19 bits per heavy atom. The number of hydrogen-bond donors (Lipinski definition) is 2. The molecule has 5 fully saturated rings. The smallest absolute Gasteiger partial charge is 0.221 e. The molecular weight excluding hydrogens is 406 g/mol. The van der Waals surface area contributed by atoms with E-state index in [-0.39, 0.29) is 23.1 Å². The van der Waals surface area contributed by atoms with Crippen LogP contribution in [0.5, 0.6) is 0 Å². The third kappa shape index (κ3) is 4.52. The van der Waals surface area contributed by atoms with E-state index in [1.165, 1.54) is 38.5 Å². The van der Waals surface area contributed by atoms with Crippen LogP contribution >= 0.6 is 15.9 Å². The number of halogens is 1. The van der Waals surface area contributed by atoms with Gasteiger partial charge in [0.25, 0.3) is 0 Å². The number of likely N-dealkylation sites (tertiary alicyclic amines) is 1. The van der Waals surface area contributed by atoms with Crippen molar-refractivity contribution >= 4 is 27.7 Å². The first kappa shape index (κ1) is 19.7. The fourth-order valence-corrected chi connectivity index (χ4v) is 8.48. The number of primary amides is 1. The predicted octanol–water partition coefficient (Wildman–Crippen LogP) is 2.81. The molecule has 5 rings (SSSR count). The van der Waals surface area contributed by atoms with Gasteiger partial charge in [0.1, 0.15) is 0 Å². The SMILES string of the molecule is NC(=O)C1CCCN(CCCNC(=O)CC23CC4CC(CC(Br)(C4)C2)C3)C1. The zero-order valence-corrected chi connectivity index (χ0v) is 17.9. The molecule has 4 aliphatic carbocycles. The highest BCUT2D eigenvalue weighted by molar-refractivity contribution is 9.10. The molecule has 4 bridgehead atoms. The molecule has 2 amide bonds. The van der Waals surface area contributed by atoms with Gasteiger partial charge < -0.3 is 16.0 Å². The fraction of sp³-hybridized carbons (Fsp3) is 0.905. The van der Waals surface area contributed by atoms with Crippen LogP contribution in [0.15, 0.2) is 0 Å². The van der Waals surface area contributed by atoms with Gasteiger partial charge in [-0.25, -0.2) is 0 Å². The molecule has 0 aromatic rings. The van der Waals surface area contributed by atoms with Crippen molar-refractivity contribution in [2.45, 2.75) is 68.5 Å². The van der Waals surface area contributed by atoms with Crippen molar-refractivity contribution in [1.82, 2.24) is 10.2 Å². The van der Waals surface area contributed by atoms with Gasteiger partial charge in [-0.05, 0) is 88.1 Å². The van der Waals surface area contributed by atoms with Gasteiger partial charge in [-0.3, -0.25) is 9.59 Å². The Morgan fingerprint density at radius 3 is 2.59 bits per heavy atom. The van der Waals surface area contributed by atoms with Gasteiger partial charge in [0, 0.05) is 23.8 Å². The van der Waals surface area contributed by atoms with Gasteiger partial charge in [-0.2, -0.15) is 0 Å². The molecule has 3 atom stereocenters. The van der Waals surface area contributed by atoms with E-state index in [4.69, 9.17) is 5.73 Å². The molecule has 1 heterocycles. The van der Waals surface area contributed by atoms with Crippen LogP contribution in [0.25, 0.3) is 0 Å². The van der Waals surface area contributed by atoms with Gasteiger partial charge >= 0.3 is 0 Å². The second-order valence-electron chi connectivity index (χ2n) is 10.0. The summed E-state index contributed by atoms with van der Waals surface area (Å²) in [7, 11) is 0. The molecule has 27 heavy (non-hydrogen) atoms. The molecule has 5 nitrogen and oxygen atoms in total. The van der Waals surface area contributed by atoms with Crippen molar-refractivity contribution in [3.63, 3.8) is 0 Å². The highest BCUT2D eigenvalue weighted by atomic mass is 79.9. The van der Waals surface area contributed by atoms with Crippen molar-refractivity contribution in [3.05, 3.63) is 0 Å². The molecule has 3 unspecified atom stereocenters. The summed E-state index contributed by atoms with van der Waals surface area (Å²) in [4.78, 5) is 26.3. The van der Waals surface area contributed by atoms with Crippen LogP contribution in [0.4, 0.5) is 0 Å². The maximum atomic E-state index is 12.6. The van der Waals surface area contributed by atoms with Crippen LogP contribution in [0, 0.1) is 23.2 Å². The molecule has 0 aromatic heterocycles. The van der Waals surface area contributed by atoms with Crippen LogP contribution in [-0.4, -0.2) is 47.2 Å². The second-order valence-corrected chi connectivity index (χ2v) is 11.7. The van der Waals surface area contributed by atoms with E-state index in [2.05, 4.69) is 26.1 Å². The normalized spacial score (nSPS) is 40.9. The minimum atomic E-state index is -0.173. The maximum Gasteiger partial charge on any atom is 0.221 e. The van der Waals surface area contributed by atoms with E-state index in [9.17, 15) is 9.59 Å². The molecule has 1 aliphatic heterocycles. The number of alkyl halides is 1. The summed E-state index contributed by atoms with van der Waals surface area (Å²) >= 11 is 4.04. The zero-order valence-electron chi connectivity index (χ0n) is 16.4. The predicted molar refractivity (Wildman–Crippen MR) is 109 cm³/mol. The van der Waals surface area contributed by atoms with Crippen molar-refractivity contribution in [3.8, 4) is 0 Å². The third-order valence-electron chi connectivity index (χ3n) is 7.53. The van der Waals surface area contributed by atoms with Crippen molar-refractivity contribution in [2.24, 2.45) is 28.9 Å². The average molecular weight is 440 g/mol. The Morgan fingerprint density at radius 2 is 1.93 bits per heavy atom. The summed E-state index contributed by atoms with van der Waals surface area (Å²) in [5.74, 6) is 1.72. The Balaban J connectivity index is 1.19. The van der Waals surface area contributed by atoms with E-state index in [1.54, 1.807) is 0 Å². The number of piperidine rings is 1. The van der Waals surface area contributed by atoms with Crippen molar-refractivity contribution < 1.29 is 9.59 Å². The minimum Gasteiger partial charge on any atom is -0.369 e. The lowest BCUT2D eigenvalue weighted by molar-refractivity contribution is -0.128. The molecule has 3 N–H and O–H groups in total. The topological polar surface area (TPSA) is 75.4 Å². The quantitative estimate of drug-likeness (QED) is 0.472. The molecule has 6 heteroatoms. The summed E-state index contributed by atoms with van der Waals surface area (Å²) in [6.45, 7) is 3.49. The van der Waals surface area contributed by atoms with Crippen LogP contribution in [0.3, 0.4) is 0 Å². The van der Waals surface area contributed by atoms with Gasteiger partial charge in [0.05, 0.1) is 5.92 Å². The van der Waals surface area contributed by atoms with E-state index in [1.807, 2.05) is 0 Å². The maximum absolute atomic E-state index is 12.6. The summed E-state index contributed by atoms with van der Waals surface area (Å²) < 4.78 is 0.322. The largest absolute Gasteiger partial charge is 0.369 e. The summed E-state index contributed by atoms with van der Waals surface area (Å²) in [6, 6.07) is 0. The molecule has 0 radical (unpaired) electrons. The van der Waals surface area contributed by atoms with Gasteiger partial charge in [-0.15, -0.1) is 0 Å². The van der Waals surface area contributed by atoms with E-state index in [0.29, 0.717) is 10.7 Å². The number of nitrogens with two attached hydrogens (primary N) is 1. The number of carbonyl (C=O) groups excluding carboxylic acids is 2. The Hall–Kier alpha value is -0.620. The number of rotatable bonds is 7. The van der Waals surface area contributed by atoms with Crippen LogP contribution < -0.4 is 11.1 Å². The number of amides is 2. The first-order valence-corrected chi connectivity index (χ1v) is 11.6. The highest BCUT2D eigenvalue weighted by Gasteiger charge is 2.57. The zero-order chi connectivity index (χ0) is 19.1. The lowest BCUT2D eigenvalue weighted by Gasteiger charge is -2.60. The molecule has 152 valence electrons. The van der Waals surface area contributed by atoms with E-state index in [0.717, 1.165) is 57.3 Å². The Labute approximate surface area is 171 Å². The summed E-state index contributed by atoms with van der Waals surface area (Å²) in [5.41, 5.74) is 5.70. The second kappa shape index (κ2) is 7.66. The van der Waals surface area contributed by atoms with Gasteiger partial charge in [0.15, 0.2) is 0 Å². The van der Waals surface area contributed by atoms with Gasteiger partial charge in [0.2, 0.25) is 11.8 Å². The Bertz CT molecular complexity index is 582. The molecule has 0 aromatic carbocycles. The van der Waals surface area contributed by atoms with E-state index < -0.39 is 0 Å². The lowest BCUT2D eigenvalue weighted by atomic mass is 9.48. The van der Waals surface area contributed by atoms with E-state index >= 15 is 0 Å². The molecule has 4 saturated carbocycles. The number of hydrogen-bond acceptors (Lipinski definition) is 3. The minimum absolute atomic E-state index is 0.000923. The van der Waals surface area contributed by atoms with Crippen molar-refractivity contribution in [1.29, 1.82) is 0 Å².